The lowest BCUT2D eigenvalue weighted by Crippen LogP contribution is -2.46. The van der Waals surface area contributed by atoms with Crippen molar-refractivity contribution in [2.75, 3.05) is 18.6 Å². The van der Waals surface area contributed by atoms with Crippen LogP contribution in [0, 0.1) is 0 Å². The summed E-state index contributed by atoms with van der Waals surface area (Å²) < 4.78 is 16.8. The Hall–Kier alpha value is -4.17. The van der Waals surface area contributed by atoms with Gasteiger partial charge in [0.15, 0.2) is 5.11 Å². The summed E-state index contributed by atoms with van der Waals surface area (Å²) in [6.45, 7) is 4.59. The molecule has 0 radical (unpaired) electrons. The summed E-state index contributed by atoms with van der Waals surface area (Å²) in [6.07, 6.45) is 0. The number of allylic oxidation sites excluding steroid dienone is 1. The molecule has 36 heavy (non-hydrogen) atoms. The third-order valence-electron chi connectivity index (χ3n) is 6.01. The van der Waals surface area contributed by atoms with Gasteiger partial charge in [0.05, 0.1) is 25.3 Å². The molecule has 1 aliphatic rings. The van der Waals surface area contributed by atoms with E-state index < -0.39 is 0 Å². The number of hydrogen-bond donors (Lipinski definition) is 1. The number of nitrogens with one attached hydrogen (secondary N) is 1. The van der Waals surface area contributed by atoms with Crippen LogP contribution in [-0.4, -0.2) is 29.0 Å². The second-order valence-corrected chi connectivity index (χ2v) is 8.60. The highest BCUT2D eigenvalue weighted by atomic mass is 32.1. The molecule has 1 aliphatic heterocycles. The van der Waals surface area contributed by atoms with E-state index >= 15 is 0 Å². The van der Waals surface area contributed by atoms with Gasteiger partial charge < -0.3 is 19.3 Å². The van der Waals surface area contributed by atoms with E-state index in [0.717, 1.165) is 39.6 Å². The van der Waals surface area contributed by atoms with Gasteiger partial charge in [-0.1, -0.05) is 47.6 Å². The average Bonchev–Trinajstić information content (AvgIpc) is 3.40. The van der Waals surface area contributed by atoms with E-state index in [-0.39, 0.29) is 6.04 Å². The molecule has 5 rings (SSSR count). The van der Waals surface area contributed by atoms with Crippen LogP contribution in [0.4, 0.5) is 5.69 Å². The molecule has 0 aliphatic carbocycles. The standard InChI is InChI=1S/C28H26N4O3S/c1-4-34-22-15-13-21(14-16-22)32-18(2)24(25(29-28(32)36)19-9-6-5-7-10-19)27-30-26(31-35-27)20-11-8-12-23(17-20)33-3/h5-17,25H,4H2,1-3H3,(H,29,36). The zero-order valence-electron chi connectivity index (χ0n) is 20.3. The Morgan fingerprint density at radius 2 is 1.78 bits per heavy atom. The predicted octanol–water partition coefficient (Wildman–Crippen LogP) is 6.01. The van der Waals surface area contributed by atoms with E-state index in [1.165, 1.54) is 0 Å². The third-order valence-corrected chi connectivity index (χ3v) is 6.31. The normalized spacial score (nSPS) is 15.6. The Morgan fingerprint density at radius 3 is 2.50 bits per heavy atom. The van der Waals surface area contributed by atoms with E-state index in [2.05, 4.69) is 22.6 Å². The van der Waals surface area contributed by atoms with Crippen LogP contribution in [0.5, 0.6) is 11.5 Å². The maximum absolute atomic E-state index is 5.83. The molecule has 0 saturated heterocycles. The van der Waals surface area contributed by atoms with Crippen molar-refractivity contribution < 1.29 is 14.0 Å². The summed E-state index contributed by atoms with van der Waals surface area (Å²) >= 11 is 5.83. The van der Waals surface area contributed by atoms with E-state index in [1.807, 2.05) is 85.5 Å². The molecule has 0 spiro atoms. The van der Waals surface area contributed by atoms with E-state index in [1.54, 1.807) is 7.11 Å². The molecule has 1 unspecified atom stereocenters. The smallest absolute Gasteiger partial charge is 0.258 e. The maximum Gasteiger partial charge on any atom is 0.258 e. The van der Waals surface area contributed by atoms with Gasteiger partial charge in [-0.2, -0.15) is 4.98 Å². The van der Waals surface area contributed by atoms with Crippen LogP contribution in [0.3, 0.4) is 0 Å². The zero-order chi connectivity index (χ0) is 25.1. The molecule has 0 saturated carbocycles. The zero-order valence-corrected chi connectivity index (χ0v) is 21.1. The van der Waals surface area contributed by atoms with Gasteiger partial charge in [0.25, 0.3) is 5.89 Å². The topological polar surface area (TPSA) is 72.7 Å². The van der Waals surface area contributed by atoms with Crippen molar-refractivity contribution in [3.63, 3.8) is 0 Å². The number of nitrogens with zero attached hydrogens (tertiary/aromatic N) is 3. The fourth-order valence-corrected chi connectivity index (χ4v) is 4.66. The van der Waals surface area contributed by atoms with Crippen molar-refractivity contribution >= 4 is 28.6 Å². The number of rotatable bonds is 7. The van der Waals surface area contributed by atoms with Gasteiger partial charge in [-0.3, -0.25) is 4.90 Å². The highest BCUT2D eigenvalue weighted by Crippen LogP contribution is 2.39. The Labute approximate surface area is 215 Å². The van der Waals surface area contributed by atoms with E-state index in [0.29, 0.717) is 23.4 Å². The lowest BCUT2D eigenvalue weighted by Gasteiger charge is -2.37. The van der Waals surface area contributed by atoms with Gasteiger partial charge in [-0.25, -0.2) is 0 Å². The van der Waals surface area contributed by atoms with E-state index in [9.17, 15) is 0 Å². The van der Waals surface area contributed by atoms with Crippen molar-refractivity contribution in [2.45, 2.75) is 19.9 Å². The minimum atomic E-state index is -0.253. The summed E-state index contributed by atoms with van der Waals surface area (Å²) in [5.74, 6) is 2.44. The van der Waals surface area contributed by atoms with Crippen LogP contribution in [-0.2, 0) is 0 Å². The van der Waals surface area contributed by atoms with Crippen molar-refractivity contribution in [3.8, 4) is 22.9 Å². The Bertz CT molecular complexity index is 1400. The molecule has 4 aromatic rings. The van der Waals surface area contributed by atoms with Crippen molar-refractivity contribution in [1.82, 2.24) is 15.5 Å². The number of aromatic nitrogens is 2. The molecule has 0 bridgehead atoms. The van der Waals surface area contributed by atoms with Crippen molar-refractivity contribution in [1.29, 1.82) is 0 Å². The summed E-state index contributed by atoms with van der Waals surface area (Å²) in [7, 11) is 1.63. The third kappa shape index (κ3) is 4.55. The molecular formula is C28H26N4O3S. The summed E-state index contributed by atoms with van der Waals surface area (Å²) in [5, 5.41) is 8.35. The first-order chi connectivity index (χ1) is 17.6. The van der Waals surface area contributed by atoms with Crippen molar-refractivity contribution in [3.05, 3.63) is 96.0 Å². The van der Waals surface area contributed by atoms with Crippen LogP contribution in [0.1, 0.15) is 31.3 Å². The molecule has 2 heterocycles. The van der Waals surface area contributed by atoms with Gasteiger partial charge in [-0.05, 0) is 68.0 Å². The van der Waals surface area contributed by atoms with Crippen LogP contribution >= 0.6 is 12.2 Å². The second kappa shape index (κ2) is 10.2. The summed E-state index contributed by atoms with van der Waals surface area (Å²) in [6, 6.07) is 25.3. The number of methoxy groups -OCH3 is 1. The maximum atomic E-state index is 5.83. The van der Waals surface area contributed by atoms with Gasteiger partial charge in [0.2, 0.25) is 5.82 Å². The van der Waals surface area contributed by atoms with E-state index in [4.69, 9.17) is 31.2 Å². The molecule has 182 valence electrons. The minimum absolute atomic E-state index is 0.253. The van der Waals surface area contributed by atoms with Crippen LogP contribution < -0.4 is 19.7 Å². The Morgan fingerprint density at radius 1 is 1.00 bits per heavy atom. The molecule has 1 N–H and O–H groups in total. The van der Waals surface area contributed by atoms with Gasteiger partial charge in [0, 0.05) is 16.9 Å². The lowest BCUT2D eigenvalue weighted by molar-refractivity contribution is 0.340. The largest absolute Gasteiger partial charge is 0.497 e. The first-order valence-corrected chi connectivity index (χ1v) is 12.1. The molecular weight excluding hydrogens is 472 g/mol. The summed E-state index contributed by atoms with van der Waals surface area (Å²) in [5.41, 5.74) is 4.51. The number of anilines is 1. The first-order valence-electron chi connectivity index (χ1n) is 11.7. The van der Waals surface area contributed by atoms with Crippen LogP contribution in [0.15, 0.2) is 89.1 Å². The molecule has 3 aromatic carbocycles. The van der Waals surface area contributed by atoms with Crippen LogP contribution in [0.25, 0.3) is 17.0 Å². The second-order valence-electron chi connectivity index (χ2n) is 8.21. The molecule has 0 fully saturated rings. The molecule has 1 atom stereocenters. The number of ether oxygens (including phenoxy) is 2. The van der Waals surface area contributed by atoms with Crippen LogP contribution in [0.2, 0.25) is 0 Å². The van der Waals surface area contributed by atoms with Crippen molar-refractivity contribution in [2.24, 2.45) is 0 Å². The Kier molecular flexibility index (Phi) is 6.69. The molecule has 1 aromatic heterocycles. The SMILES string of the molecule is CCOc1ccc(N2C(=S)NC(c3ccccc3)C(c3nc(-c4cccc(OC)c4)no3)=C2C)cc1. The fourth-order valence-electron chi connectivity index (χ4n) is 4.30. The number of thiocarbonyl (C=S) groups is 1. The lowest BCUT2D eigenvalue weighted by atomic mass is 9.94. The highest BCUT2D eigenvalue weighted by molar-refractivity contribution is 7.80. The monoisotopic (exact) mass is 498 g/mol. The minimum Gasteiger partial charge on any atom is -0.497 e. The van der Waals surface area contributed by atoms with Gasteiger partial charge >= 0.3 is 0 Å². The quantitative estimate of drug-likeness (QED) is 0.311. The summed E-state index contributed by atoms with van der Waals surface area (Å²) in [4.78, 5) is 6.76. The van der Waals surface area contributed by atoms with Gasteiger partial charge in [-0.15, -0.1) is 0 Å². The number of benzene rings is 3. The highest BCUT2D eigenvalue weighted by Gasteiger charge is 2.34. The number of hydrogen-bond acceptors (Lipinski definition) is 6. The average molecular weight is 499 g/mol. The predicted molar refractivity (Wildman–Crippen MR) is 144 cm³/mol. The van der Waals surface area contributed by atoms with Gasteiger partial charge in [0.1, 0.15) is 11.5 Å². The molecule has 8 heteroatoms. The Balaban J connectivity index is 1.61. The first kappa shape index (κ1) is 23.6. The molecule has 7 nitrogen and oxygen atoms in total. The molecule has 0 amide bonds. The fraction of sp³-hybridized carbons (Fsp3) is 0.179.